The summed E-state index contributed by atoms with van der Waals surface area (Å²) in [6.07, 6.45) is -6.76. The molecule has 4 aliphatic heterocycles. The maximum Gasteiger partial charge on any atom is 0.311 e. The molecule has 0 amide bonds. The Labute approximate surface area is 439 Å². The Morgan fingerprint density at radius 2 is 1.55 bits per heavy atom. The number of aliphatic hydroxyl groups is 4. The first-order chi connectivity index (χ1) is 34.7. The van der Waals surface area contributed by atoms with Crippen LogP contribution in [0.2, 0.25) is 0 Å². The van der Waals surface area contributed by atoms with Gasteiger partial charge in [0.05, 0.1) is 42.0 Å². The lowest BCUT2D eigenvalue weighted by Gasteiger charge is -2.55. The van der Waals surface area contributed by atoms with Gasteiger partial charge in [-0.15, -0.1) is 0 Å². The van der Waals surface area contributed by atoms with Crippen LogP contribution < -0.4 is 14.8 Å². The number of hydrogen-bond acceptors (Lipinski definition) is 16. The molecule has 4 saturated heterocycles. The number of esters is 1. The number of aliphatic hydroxyl groups excluding tert-OH is 1. The Bertz CT molecular complexity index is 2210. The van der Waals surface area contributed by atoms with Crippen LogP contribution in [0.15, 0.2) is 54.6 Å². The number of halogens is 1. The molecule has 0 radical (unpaired) electrons. The largest absolute Gasteiger partial charge is 0.483 e. The number of carbonyl (C=O) groups is 1. The predicted molar refractivity (Wildman–Crippen MR) is 277 cm³/mol. The maximum absolute atomic E-state index is 14.8. The predicted octanol–water partition coefficient (Wildman–Crippen LogP) is 5.37. The third-order valence-corrected chi connectivity index (χ3v) is 17.9. The fourth-order valence-electron chi connectivity index (χ4n) is 11.7. The van der Waals surface area contributed by atoms with E-state index in [-0.39, 0.29) is 43.9 Å². The number of ether oxygens (including phenoxy) is 7. The van der Waals surface area contributed by atoms with Crippen molar-refractivity contribution in [2.75, 3.05) is 45.1 Å². The molecule has 0 aromatic heterocycles. The van der Waals surface area contributed by atoms with E-state index < -0.39 is 124 Å². The summed E-state index contributed by atoms with van der Waals surface area (Å²) in [5.41, 5.74) is -6.04. The van der Waals surface area contributed by atoms with Gasteiger partial charge in [-0.25, -0.2) is 4.39 Å². The number of piperidine rings is 1. The number of benzene rings is 2. The van der Waals surface area contributed by atoms with Gasteiger partial charge in [0.2, 0.25) is 0 Å². The zero-order valence-corrected chi connectivity index (χ0v) is 46.4. The molecule has 74 heavy (non-hydrogen) atoms. The summed E-state index contributed by atoms with van der Waals surface area (Å²) in [6, 6.07) is 12.0. The molecule has 0 saturated carbocycles. The van der Waals surface area contributed by atoms with Gasteiger partial charge in [-0.2, -0.15) is 12.7 Å². The normalized spacial score (nSPS) is 40.6. The number of nitrogens with one attached hydrogen (secondary N) is 2. The average molecular weight is 1070 g/mol. The fraction of sp³-hybridized carbons (Fsp3) is 0.759. The van der Waals surface area contributed by atoms with E-state index in [0.717, 1.165) is 36.7 Å². The van der Waals surface area contributed by atoms with E-state index in [1.807, 2.05) is 13.8 Å². The molecule has 0 aliphatic carbocycles. The van der Waals surface area contributed by atoms with Crippen molar-refractivity contribution in [3.63, 3.8) is 0 Å². The standard InChI is InChI=1S/C54H87FN4O14S/c1-13-43-53(10,63)47(60)37(6)56-31-33(2)29-51(8,62)48(35(4)45(36(5)49(61)71-43)72-44-30-52(9,67-12)54(64,38(7)69-44)32-59-26-18-15-19-27-59)73-50-46(70-41-24-22-39(55)23-25-41)42(28-34(3)68-50)58(11)74(65,66)57-40-20-16-14-17-21-40/h14,16-17,20-25,33-38,42-48,50,56-57,60,62-64H,13,15,18-19,26-32H2,1-12H3/t33?,34-,35-,36+,37?,38-,42+,43+,44-,45-,46-,47?,48?,50+,51?,52+,53?,54-/m0/s1. The first-order valence-corrected chi connectivity index (χ1v) is 28.0. The van der Waals surface area contributed by atoms with Crippen molar-refractivity contribution >= 4 is 21.9 Å². The van der Waals surface area contributed by atoms with Gasteiger partial charge in [-0.05, 0) is 143 Å². The molecule has 0 spiro atoms. The number of anilines is 1. The highest BCUT2D eigenvalue weighted by Gasteiger charge is 2.59. The van der Waals surface area contributed by atoms with Gasteiger partial charge in [0.1, 0.15) is 40.6 Å². The summed E-state index contributed by atoms with van der Waals surface area (Å²) in [5.74, 6) is -3.54. The summed E-state index contributed by atoms with van der Waals surface area (Å²) in [4.78, 5) is 17.0. The molecule has 6 N–H and O–H groups in total. The van der Waals surface area contributed by atoms with Crippen LogP contribution in [0.4, 0.5) is 10.1 Å². The van der Waals surface area contributed by atoms with Crippen LogP contribution in [0.25, 0.3) is 0 Å². The summed E-state index contributed by atoms with van der Waals surface area (Å²) in [7, 11) is -1.31. The SMILES string of the molecule is CC[C@H]1OC(=O)[C@H](C)[C@@H](O[C@H]2C[C@@](C)(OC)[C@](O)(CN3CCCCC3)[C@H](C)O2)[C@H](C)C(O[C@H]2O[C@@H](C)C[C@@H](N(C)S(=O)(=O)Nc3ccccc3)[C@@H]2Oc2ccc(F)cc2)C(C)(O)CC(C)CNC(C)C(O)C1(C)O. The second-order valence-electron chi connectivity index (χ2n) is 22.4. The van der Waals surface area contributed by atoms with Crippen LogP contribution in [0.1, 0.15) is 114 Å². The van der Waals surface area contributed by atoms with Crippen molar-refractivity contribution in [1.29, 1.82) is 0 Å². The number of β-amino-alcohol motifs (C(OH)–C–C–N with tert-alkyl or cyclic N) is 1. The third-order valence-electron chi connectivity index (χ3n) is 16.4. The molecule has 4 heterocycles. The van der Waals surface area contributed by atoms with Gasteiger partial charge < -0.3 is 63.8 Å². The van der Waals surface area contributed by atoms with Crippen molar-refractivity contribution in [2.24, 2.45) is 17.8 Å². The summed E-state index contributed by atoms with van der Waals surface area (Å²) in [5, 5.41) is 52.5. The first-order valence-electron chi connectivity index (χ1n) is 26.6. The molecular formula is C54H87FN4O14S. The van der Waals surface area contributed by atoms with Crippen LogP contribution in [-0.2, 0) is 43.4 Å². The Morgan fingerprint density at radius 3 is 2.18 bits per heavy atom. The van der Waals surface area contributed by atoms with E-state index >= 15 is 0 Å². The summed E-state index contributed by atoms with van der Waals surface area (Å²) < 4.78 is 93.0. The van der Waals surface area contributed by atoms with Crippen LogP contribution in [0, 0.1) is 23.6 Å². The number of likely N-dealkylation sites (tertiary alicyclic amines) is 1. The van der Waals surface area contributed by atoms with Crippen molar-refractivity contribution in [1.82, 2.24) is 14.5 Å². The molecule has 18 atom stereocenters. The fourth-order valence-corrected chi connectivity index (χ4v) is 12.9. The number of cyclic esters (lactones) is 1. The molecule has 18 nitrogen and oxygen atoms in total. The van der Waals surface area contributed by atoms with Crippen molar-refractivity contribution in [3.8, 4) is 5.75 Å². The molecule has 2 aromatic carbocycles. The van der Waals surface area contributed by atoms with E-state index in [0.29, 0.717) is 12.2 Å². The highest BCUT2D eigenvalue weighted by molar-refractivity contribution is 7.90. The number of carbonyl (C=O) groups excluding carboxylic acids is 1. The third kappa shape index (κ3) is 13.8. The Kier molecular flexibility index (Phi) is 20.1. The average Bonchev–Trinajstić information content (AvgIpc) is 3.35. The summed E-state index contributed by atoms with van der Waals surface area (Å²) >= 11 is 0. The quantitative estimate of drug-likeness (QED) is 0.131. The highest BCUT2D eigenvalue weighted by Crippen LogP contribution is 2.44. The minimum atomic E-state index is -4.27. The molecule has 2 aromatic rings. The molecule has 20 heteroatoms. The number of para-hydroxylation sites is 1. The molecule has 4 aliphatic rings. The van der Waals surface area contributed by atoms with E-state index in [1.165, 1.54) is 45.3 Å². The van der Waals surface area contributed by atoms with E-state index in [9.17, 15) is 38.0 Å². The topological polar surface area (TPSA) is 227 Å². The Hall–Kier alpha value is -3.09. The zero-order chi connectivity index (χ0) is 54.6. The lowest BCUT2D eigenvalue weighted by molar-refractivity contribution is -0.338. The van der Waals surface area contributed by atoms with Crippen molar-refractivity contribution in [3.05, 3.63) is 60.4 Å². The van der Waals surface area contributed by atoms with Gasteiger partial charge in [-0.1, -0.05) is 45.4 Å². The Morgan fingerprint density at radius 1 is 0.905 bits per heavy atom. The van der Waals surface area contributed by atoms with Crippen LogP contribution in [-0.4, -0.2) is 174 Å². The molecular weight excluding hydrogens is 980 g/mol. The maximum atomic E-state index is 14.8. The minimum absolute atomic E-state index is 0.0283. The lowest BCUT2D eigenvalue weighted by Crippen LogP contribution is -2.70. The van der Waals surface area contributed by atoms with Crippen LogP contribution >= 0.6 is 0 Å². The molecule has 4 fully saturated rings. The number of nitrogens with zero attached hydrogens (tertiary/aromatic N) is 2. The van der Waals surface area contributed by atoms with Gasteiger partial charge in [-0.3, -0.25) is 9.52 Å². The number of hydrogen-bond donors (Lipinski definition) is 6. The van der Waals surface area contributed by atoms with Gasteiger partial charge in [0, 0.05) is 44.8 Å². The molecule has 420 valence electrons. The second-order valence-corrected chi connectivity index (χ2v) is 24.2. The number of methoxy groups -OCH3 is 1. The zero-order valence-electron chi connectivity index (χ0n) is 45.6. The second kappa shape index (κ2) is 24.7. The van der Waals surface area contributed by atoms with E-state index in [1.54, 1.807) is 78.8 Å². The van der Waals surface area contributed by atoms with Crippen LogP contribution in [0.3, 0.4) is 0 Å². The smallest absolute Gasteiger partial charge is 0.311 e. The minimum Gasteiger partial charge on any atom is -0.483 e. The van der Waals surface area contributed by atoms with Crippen molar-refractivity contribution in [2.45, 2.75) is 204 Å². The van der Waals surface area contributed by atoms with Crippen LogP contribution in [0.5, 0.6) is 5.75 Å². The Balaban J connectivity index is 1.45. The van der Waals surface area contributed by atoms with Crippen molar-refractivity contribution < 1.29 is 71.2 Å². The summed E-state index contributed by atoms with van der Waals surface area (Å²) in [6.45, 7) is 19.4. The molecule has 6 rings (SSSR count). The monoisotopic (exact) mass is 1070 g/mol. The van der Waals surface area contributed by atoms with E-state index in [2.05, 4.69) is 14.9 Å². The number of likely N-dealkylation sites (N-methyl/N-ethyl adjacent to an activating group) is 1. The lowest BCUT2D eigenvalue weighted by atomic mass is 9.74. The van der Waals surface area contributed by atoms with Gasteiger partial charge in [0.15, 0.2) is 18.7 Å². The number of rotatable bonds is 14. The molecule has 0 bridgehead atoms. The van der Waals surface area contributed by atoms with Gasteiger partial charge >= 0.3 is 16.2 Å². The highest BCUT2D eigenvalue weighted by atomic mass is 32.2. The molecule has 6 unspecified atom stereocenters. The van der Waals surface area contributed by atoms with E-state index in [4.69, 9.17) is 33.2 Å². The van der Waals surface area contributed by atoms with Gasteiger partial charge in [0.25, 0.3) is 0 Å². The first kappa shape index (κ1) is 60.1.